The number of carbonyl (C=O) groups is 1. The molecule has 2 atom stereocenters. The molecule has 1 amide bonds. The number of nitrogens with one attached hydrogen (secondary N) is 2. The van der Waals surface area contributed by atoms with Crippen molar-refractivity contribution >= 4 is 5.91 Å². The van der Waals surface area contributed by atoms with Gasteiger partial charge < -0.3 is 15.7 Å². The summed E-state index contributed by atoms with van der Waals surface area (Å²) in [6.07, 6.45) is 4.35. The number of hydrogen-bond acceptors (Lipinski definition) is 3. The molecule has 0 unspecified atom stereocenters. The molecule has 2 aromatic carbocycles. The molecule has 31 heavy (non-hydrogen) atoms. The van der Waals surface area contributed by atoms with Crippen molar-refractivity contribution in [3.63, 3.8) is 0 Å². The van der Waals surface area contributed by atoms with Gasteiger partial charge in [-0.3, -0.25) is 4.79 Å². The van der Waals surface area contributed by atoms with Crippen molar-refractivity contribution in [2.45, 2.75) is 70.1 Å². The van der Waals surface area contributed by atoms with E-state index in [1.807, 2.05) is 0 Å². The molecule has 1 aliphatic carbocycles. The minimum atomic E-state index is -0.915. The number of amides is 1. The molecule has 168 valence electrons. The number of benzene rings is 2. The Morgan fingerprint density at radius 1 is 1.10 bits per heavy atom. The van der Waals surface area contributed by atoms with Crippen LogP contribution in [0.2, 0.25) is 0 Å². The molecule has 3 rings (SSSR count). The Hall–Kier alpha value is -2.31. The van der Waals surface area contributed by atoms with Crippen molar-refractivity contribution in [2.24, 2.45) is 0 Å². The van der Waals surface area contributed by atoms with Crippen LogP contribution < -0.4 is 10.6 Å². The van der Waals surface area contributed by atoms with Crippen molar-refractivity contribution in [1.82, 2.24) is 10.6 Å². The monoisotopic (exact) mass is 430 g/mol. The summed E-state index contributed by atoms with van der Waals surface area (Å²) in [5, 5.41) is 17.2. The molecule has 0 saturated heterocycles. The van der Waals surface area contributed by atoms with E-state index in [0.29, 0.717) is 5.56 Å². The first kappa shape index (κ1) is 23.4. The zero-order valence-corrected chi connectivity index (χ0v) is 18.3. The second-order valence-electron chi connectivity index (χ2n) is 8.58. The third-order valence-corrected chi connectivity index (χ3v) is 6.23. The Bertz CT molecular complexity index is 877. The molecule has 0 spiro atoms. The second-order valence-corrected chi connectivity index (χ2v) is 8.58. The van der Waals surface area contributed by atoms with Crippen molar-refractivity contribution in [3.8, 4) is 0 Å². The van der Waals surface area contributed by atoms with E-state index in [4.69, 9.17) is 0 Å². The Labute approximate surface area is 183 Å². The summed E-state index contributed by atoms with van der Waals surface area (Å²) in [5.74, 6) is -1.65. The summed E-state index contributed by atoms with van der Waals surface area (Å²) in [6.45, 7) is 3.76. The van der Waals surface area contributed by atoms with E-state index >= 15 is 0 Å². The van der Waals surface area contributed by atoms with E-state index in [2.05, 4.69) is 41.8 Å². The van der Waals surface area contributed by atoms with Crippen molar-refractivity contribution in [2.75, 3.05) is 6.54 Å². The molecule has 0 bridgehead atoms. The summed E-state index contributed by atoms with van der Waals surface area (Å²) < 4.78 is 27.2. The van der Waals surface area contributed by atoms with Crippen LogP contribution in [0.3, 0.4) is 0 Å². The van der Waals surface area contributed by atoms with Crippen LogP contribution in [-0.4, -0.2) is 29.7 Å². The van der Waals surface area contributed by atoms with E-state index in [0.717, 1.165) is 38.2 Å². The van der Waals surface area contributed by atoms with Gasteiger partial charge in [-0.1, -0.05) is 44.0 Å². The Morgan fingerprint density at radius 3 is 2.39 bits per heavy atom. The van der Waals surface area contributed by atoms with Crippen molar-refractivity contribution < 1.29 is 18.7 Å². The Morgan fingerprint density at radius 2 is 1.77 bits per heavy atom. The molecule has 0 aromatic heterocycles. The molecule has 6 heteroatoms. The van der Waals surface area contributed by atoms with E-state index < -0.39 is 23.8 Å². The average molecular weight is 431 g/mol. The van der Waals surface area contributed by atoms with Gasteiger partial charge in [-0.15, -0.1) is 0 Å². The first-order valence-corrected chi connectivity index (χ1v) is 11.1. The van der Waals surface area contributed by atoms with Gasteiger partial charge in [0.05, 0.1) is 12.1 Å². The zero-order valence-electron chi connectivity index (χ0n) is 18.3. The highest BCUT2D eigenvalue weighted by atomic mass is 19.1. The summed E-state index contributed by atoms with van der Waals surface area (Å²) >= 11 is 0. The number of aryl methyl sites for hydroxylation is 1. The van der Waals surface area contributed by atoms with Crippen LogP contribution in [0.25, 0.3) is 0 Å². The largest absolute Gasteiger partial charge is 0.390 e. The van der Waals surface area contributed by atoms with Gasteiger partial charge in [0.25, 0.3) is 0 Å². The molecule has 1 aliphatic rings. The van der Waals surface area contributed by atoms with Gasteiger partial charge in [0.15, 0.2) is 0 Å². The van der Waals surface area contributed by atoms with E-state index in [1.54, 1.807) is 0 Å². The molecule has 0 radical (unpaired) electrons. The summed E-state index contributed by atoms with van der Waals surface area (Å²) in [4.78, 5) is 11.7. The van der Waals surface area contributed by atoms with Gasteiger partial charge in [0, 0.05) is 25.1 Å². The highest BCUT2D eigenvalue weighted by Gasteiger charge is 2.36. The van der Waals surface area contributed by atoms with Crippen LogP contribution in [-0.2, 0) is 23.2 Å². The number of aliphatic hydroxyl groups is 1. The lowest BCUT2D eigenvalue weighted by atomic mass is 9.86. The molecule has 1 fully saturated rings. The molecule has 0 heterocycles. The maximum absolute atomic E-state index is 13.6. The van der Waals surface area contributed by atoms with Crippen LogP contribution in [0.4, 0.5) is 8.78 Å². The maximum Gasteiger partial charge on any atom is 0.217 e. The summed E-state index contributed by atoms with van der Waals surface area (Å²) in [5.41, 5.74) is 2.68. The Balaban J connectivity index is 1.75. The molecule has 1 saturated carbocycles. The smallest absolute Gasteiger partial charge is 0.217 e. The average Bonchev–Trinajstić information content (AvgIpc) is 3.21. The highest BCUT2D eigenvalue weighted by Crippen LogP contribution is 2.39. The lowest BCUT2D eigenvalue weighted by Gasteiger charge is -2.34. The van der Waals surface area contributed by atoms with Gasteiger partial charge in [-0.05, 0) is 54.5 Å². The quantitative estimate of drug-likeness (QED) is 0.564. The lowest BCUT2D eigenvalue weighted by molar-refractivity contribution is -0.120. The van der Waals surface area contributed by atoms with Crippen molar-refractivity contribution in [1.29, 1.82) is 0 Å². The molecular formula is C25H32F2N2O2. The second kappa shape index (κ2) is 10.3. The SMILES string of the molecule is CCc1cccc(C2(NC[C@H](O)[C@H](Cc3cc(F)cc(F)c3)NC(C)=O)CCCC2)c1. The molecule has 3 N–H and O–H groups in total. The first-order chi connectivity index (χ1) is 14.8. The number of halogens is 2. The van der Waals surface area contributed by atoms with Gasteiger partial charge in [-0.25, -0.2) is 8.78 Å². The van der Waals surface area contributed by atoms with E-state index in [-0.39, 0.29) is 24.4 Å². The molecule has 2 aromatic rings. The third-order valence-electron chi connectivity index (χ3n) is 6.23. The van der Waals surface area contributed by atoms with Crippen LogP contribution in [0.1, 0.15) is 56.2 Å². The third kappa shape index (κ3) is 6.11. The van der Waals surface area contributed by atoms with E-state index in [9.17, 15) is 18.7 Å². The number of carbonyl (C=O) groups excluding carboxylic acids is 1. The number of aliphatic hydroxyl groups excluding tert-OH is 1. The number of rotatable bonds is 9. The predicted octanol–water partition coefficient (Wildman–Crippen LogP) is 3.99. The zero-order chi connectivity index (χ0) is 22.4. The summed E-state index contributed by atoms with van der Waals surface area (Å²) in [7, 11) is 0. The molecule has 0 aliphatic heterocycles. The fraction of sp³-hybridized carbons (Fsp3) is 0.480. The van der Waals surface area contributed by atoms with Crippen LogP contribution in [0, 0.1) is 11.6 Å². The molecule has 4 nitrogen and oxygen atoms in total. The molecular weight excluding hydrogens is 398 g/mol. The van der Waals surface area contributed by atoms with Gasteiger partial charge in [-0.2, -0.15) is 0 Å². The maximum atomic E-state index is 13.6. The van der Waals surface area contributed by atoms with Gasteiger partial charge in [0.1, 0.15) is 11.6 Å². The van der Waals surface area contributed by atoms with Gasteiger partial charge in [0.2, 0.25) is 5.91 Å². The fourth-order valence-corrected chi connectivity index (χ4v) is 4.60. The lowest BCUT2D eigenvalue weighted by Crippen LogP contribution is -2.51. The Kier molecular flexibility index (Phi) is 7.79. The number of hydrogen-bond donors (Lipinski definition) is 3. The standard InChI is InChI=1S/C25H32F2N2O2/c1-3-18-7-6-8-20(11-18)25(9-4-5-10-25)28-16-24(31)23(29-17(2)30)14-19-12-21(26)15-22(27)13-19/h6-8,11-13,15,23-24,28,31H,3-5,9-10,14,16H2,1-2H3,(H,29,30)/t23-,24-/m0/s1. The van der Waals surface area contributed by atoms with Crippen molar-refractivity contribution in [3.05, 3.63) is 70.8 Å². The topological polar surface area (TPSA) is 61.4 Å². The van der Waals surface area contributed by atoms with Crippen LogP contribution in [0.5, 0.6) is 0 Å². The normalized spacial score (nSPS) is 17.3. The minimum absolute atomic E-state index is 0.134. The highest BCUT2D eigenvalue weighted by molar-refractivity contribution is 5.73. The van der Waals surface area contributed by atoms with E-state index in [1.165, 1.54) is 30.2 Å². The van der Waals surface area contributed by atoms with Crippen LogP contribution in [0.15, 0.2) is 42.5 Å². The van der Waals surface area contributed by atoms with Crippen LogP contribution >= 0.6 is 0 Å². The minimum Gasteiger partial charge on any atom is -0.390 e. The van der Waals surface area contributed by atoms with Gasteiger partial charge >= 0.3 is 0 Å². The predicted molar refractivity (Wildman–Crippen MR) is 118 cm³/mol. The first-order valence-electron chi connectivity index (χ1n) is 11.1. The summed E-state index contributed by atoms with van der Waals surface area (Å²) in [6, 6.07) is 11.2. The fourth-order valence-electron chi connectivity index (χ4n) is 4.60.